The average Bonchev–Trinajstić information content (AvgIpc) is 2.95. The maximum Gasteiger partial charge on any atom is 0.225 e. The average molecular weight is 195 g/mol. The zero-order chi connectivity index (χ0) is 10.3. The molecule has 0 spiro atoms. The summed E-state index contributed by atoms with van der Waals surface area (Å²) in [4.78, 5) is 2.91. The largest absolute Gasteiger partial charge is 0.368 e. The number of halogens is 2. The van der Waals surface area contributed by atoms with E-state index < -0.39 is 11.6 Å². The molecule has 72 valence electrons. The van der Waals surface area contributed by atoms with Crippen molar-refractivity contribution in [2.45, 2.75) is 13.0 Å². The van der Waals surface area contributed by atoms with E-state index in [4.69, 9.17) is 11.3 Å². The van der Waals surface area contributed by atoms with Crippen molar-refractivity contribution in [1.82, 2.24) is 0 Å². The van der Waals surface area contributed by atoms with Crippen LogP contribution in [0.25, 0.3) is 4.85 Å². The topological polar surface area (TPSA) is 16.9 Å². The predicted octanol–water partition coefficient (Wildman–Crippen LogP) is 2.90. The van der Waals surface area contributed by atoms with Gasteiger partial charge in [0.2, 0.25) is 5.69 Å². The number of epoxide rings is 1. The third kappa shape index (κ3) is 1.26. The van der Waals surface area contributed by atoms with E-state index in [1.807, 2.05) is 0 Å². The number of benzene rings is 1. The van der Waals surface area contributed by atoms with Crippen LogP contribution in [0, 0.1) is 25.1 Å². The van der Waals surface area contributed by atoms with Gasteiger partial charge in [0, 0.05) is 5.56 Å². The maximum atomic E-state index is 13.4. The zero-order valence-corrected chi connectivity index (χ0v) is 7.47. The van der Waals surface area contributed by atoms with Crippen LogP contribution < -0.4 is 0 Å². The minimum Gasteiger partial charge on any atom is -0.368 e. The Bertz CT molecular complexity index is 433. The van der Waals surface area contributed by atoms with E-state index in [-0.39, 0.29) is 22.9 Å². The predicted molar refractivity (Wildman–Crippen MR) is 46.1 cm³/mol. The highest BCUT2D eigenvalue weighted by molar-refractivity contribution is 5.52. The third-order valence-electron chi connectivity index (χ3n) is 2.25. The monoisotopic (exact) mass is 195 g/mol. The lowest BCUT2D eigenvalue weighted by Crippen LogP contribution is -1.96. The second-order valence-electron chi connectivity index (χ2n) is 3.16. The quantitative estimate of drug-likeness (QED) is 0.497. The number of nitrogens with zero attached hydrogens (tertiary/aromatic N) is 1. The minimum absolute atomic E-state index is 0.179. The SMILES string of the molecule is [C-]#[N+]c1cc(F)c(C2CO2)c(C)c1F. The summed E-state index contributed by atoms with van der Waals surface area (Å²) in [5.41, 5.74) is 0.151. The highest BCUT2D eigenvalue weighted by Crippen LogP contribution is 2.37. The van der Waals surface area contributed by atoms with Gasteiger partial charge in [0.1, 0.15) is 17.7 Å². The highest BCUT2D eigenvalue weighted by atomic mass is 19.1. The molecule has 0 N–H and O–H groups in total. The van der Waals surface area contributed by atoms with Crippen molar-refractivity contribution in [2.24, 2.45) is 0 Å². The minimum atomic E-state index is -0.646. The lowest BCUT2D eigenvalue weighted by molar-refractivity contribution is 0.405. The summed E-state index contributed by atoms with van der Waals surface area (Å²) in [7, 11) is 0. The van der Waals surface area contributed by atoms with Crippen LogP contribution in [0.1, 0.15) is 17.2 Å². The summed E-state index contributed by atoms with van der Waals surface area (Å²) < 4.78 is 31.7. The molecule has 1 atom stereocenters. The van der Waals surface area contributed by atoms with E-state index in [9.17, 15) is 8.78 Å². The Morgan fingerprint density at radius 2 is 2.21 bits per heavy atom. The molecule has 2 rings (SSSR count). The van der Waals surface area contributed by atoms with Gasteiger partial charge >= 0.3 is 0 Å². The molecule has 4 heteroatoms. The summed E-state index contributed by atoms with van der Waals surface area (Å²) in [5.74, 6) is -1.20. The first-order valence-corrected chi connectivity index (χ1v) is 4.12. The Balaban J connectivity index is 2.63. The lowest BCUT2D eigenvalue weighted by Gasteiger charge is -2.06. The molecule has 0 bridgehead atoms. The maximum absolute atomic E-state index is 13.4. The van der Waals surface area contributed by atoms with Crippen molar-refractivity contribution in [2.75, 3.05) is 6.61 Å². The van der Waals surface area contributed by atoms with Crippen LogP contribution in [0.5, 0.6) is 0 Å². The van der Waals surface area contributed by atoms with Crippen molar-refractivity contribution in [3.63, 3.8) is 0 Å². The first-order valence-electron chi connectivity index (χ1n) is 4.12. The van der Waals surface area contributed by atoms with Gasteiger partial charge in [0.15, 0.2) is 0 Å². The molecule has 1 aromatic rings. The first-order chi connectivity index (χ1) is 6.65. The molecule has 0 aliphatic carbocycles. The summed E-state index contributed by atoms with van der Waals surface area (Å²) in [6.07, 6.45) is -0.329. The van der Waals surface area contributed by atoms with Crippen molar-refractivity contribution < 1.29 is 13.5 Å². The molecule has 0 aromatic heterocycles. The molecule has 1 aromatic carbocycles. The second kappa shape index (κ2) is 3.03. The van der Waals surface area contributed by atoms with Crippen LogP contribution in [0.4, 0.5) is 14.5 Å². The second-order valence-corrected chi connectivity index (χ2v) is 3.16. The van der Waals surface area contributed by atoms with Gasteiger partial charge in [-0.3, -0.25) is 0 Å². The summed E-state index contributed by atoms with van der Waals surface area (Å²) in [6, 6.07) is 0.923. The van der Waals surface area contributed by atoms with Gasteiger partial charge in [-0.05, 0) is 18.6 Å². The number of ether oxygens (including phenoxy) is 1. The van der Waals surface area contributed by atoms with Crippen molar-refractivity contribution in [3.8, 4) is 0 Å². The normalized spacial score (nSPS) is 19.1. The van der Waals surface area contributed by atoms with Crippen molar-refractivity contribution in [1.29, 1.82) is 0 Å². The third-order valence-corrected chi connectivity index (χ3v) is 2.25. The first kappa shape index (κ1) is 9.10. The van der Waals surface area contributed by atoms with E-state index in [0.717, 1.165) is 6.07 Å². The van der Waals surface area contributed by atoms with Crippen molar-refractivity contribution >= 4 is 5.69 Å². The Kier molecular flexibility index (Phi) is 1.97. The molecular weight excluding hydrogens is 188 g/mol. The van der Waals surface area contributed by atoms with E-state index in [0.29, 0.717) is 6.61 Å². The van der Waals surface area contributed by atoms with Crippen LogP contribution in [0.15, 0.2) is 6.07 Å². The molecule has 2 nitrogen and oxygen atoms in total. The van der Waals surface area contributed by atoms with Crippen LogP contribution in [-0.4, -0.2) is 6.61 Å². The van der Waals surface area contributed by atoms with Gasteiger partial charge in [0.25, 0.3) is 0 Å². The highest BCUT2D eigenvalue weighted by Gasteiger charge is 2.31. The van der Waals surface area contributed by atoms with Gasteiger partial charge < -0.3 is 4.74 Å². The van der Waals surface area contributed by atoms with Gasteiger partial charge in [-0.1, -0.05) is 0 Å². The Morgan fingerprint density at radius 3 is 2.71 bits per heavy atom. The molecule has 1 fully saturated rings. The standard InChI is InChI=1S/C10H7F2NO/c1-5-9(8-4-14-8)6(11)3-7(13-2)10(5)12/h3,8H,4H2,1H3. The lowest BCUT2D eigenvalue weighted by atomic mass is 10.0. The fourth-order valence-electron chi connectivity index (χ4n) is 1.44. The fourth-order valence-corrected chi connectivity index (χ4v) is 1.44. The Morgan fingerprint density at radius 1 is 1.57 bits per heavy atom. The molecule has 1 aliphatic heterocycles. The molecule has 1 unspecified atom stereocenters. The number of hydrogen-bond donors (Lipinski definition) is 0. The zero-order valence-electron chi connectivity index (χ0n) is 7.47. The van der Waals surface area contributed by atoms with Gasteiger partial charge in [-0.15, -0.1) is 0 Å². The molecule has 1 aliphatic rings. The Labute approximate surface area is 79.9 Å². The van der Waals surface area contributed by atoms with E-state index >= 15 is 0 Å². The number of hydrogen-bond acceptors (Lipinski definition) is 1. The van der Waals surface area contributed by atoms with Crippen LogP contribution in [0.2, 0.25) is 0 Å². The van der Waals surface area contributed by atoms with E-state index in [2.05, 4.69) is 4.85 Å². The van der Waals surface area contributed by atoms with Gasteiger partial charge in [0.05, 0.1) is 13.2 Å². The van der Waals surface area contributed by atoms with E-state index in [1.165, 1.54) is 6.92 Å². The Hall–Kier alpha value is -1.47. The fraction of sp³-hybridized carbons (Fsp3) is 0.300. The van der Waals surface area contributed by atoms with Gasteiger partial charge in [-0.25, -0.2) is 13.6 Å². The molecule has 0 amide bonds. The smallest absolute Gasteiger partial charge is 0.225 e. The molecule has 14 heavy (non-hydrogen) atoms. The molecule has 0 saturated carbocycles. The molecular formula is C10H7F2NO. The van der Waals surface area contributed by atoms with Crippen LogP contribution >= 0.6 is 0 Å². The van der Waals surface area contributed by atoms with Gasteiger partial charge in [-0.2, -0.15) is 0 Å². The molecule has 1 saturated heterocycles. The van der Waals surface area contributed by atoms with Crippen LogP contribution in [0.3, 0.4) is 0 Å². The van der Waals surface area contributed by atoms with Crippen LogP contribution in [-0.2, 0) is 4.74 Å². The number of rotatable bonds is 1. The summed E-state index contributed by atoms with van der Waals surface area (Å²) in [6.45, 7) is 8.55. The summed E-state index contributed by atoms with van der Waals surface area (Å²) >= 11 is 0. The molecule has 0 radical (unpaired) electrons. The summed E-state index contributed by atoms with van der Waals surface area (Å²) in [5, 5.41) is 0. The molecule has 1 heterocycles. The van der Waals surface area contributed by atoms with E-state index in [1.54, 1.807) is 0 Å². The van der Waals surface area contributed by atoms with Crippen molar-refractivity contribution in [3.05, 3.63) is 40.2 Å².